The average Bonchev–Trinajstić information content (AvgIpc) is 3.23. The Morgan fingerprint density at radius 3 is 2.32 bits per heavy atom. The maximum absolute atomic E-state index is 13.1. The summed E-state index contributed by atoms with van der Waals surface area (Å²) in [6, 6.07) is 13.7. The zero-order chi connectivity index (χ0) is 19.5. The molecule has 144 valence electrons. The van der Waals surface area contributed by atoms with Gasteiger partial charge in [0, 0.05) is 49.4 Å². The number of anilines is 1. The number of carbonyl (C=O) groups is 1. The Labute approximate surface area is 162 Å². The molecule has 28 heavy (non-hydrogen) atoms. The fraction of sp³-hybridized carbons (Fsp3) is 0.286. The van der Waals surface area contributed by atoms with Gasteiger partial charge in [-0.25, -0.2) is 4.39 Å². The van der Waals surface area contributed by atoms with Crippen LogP contribution in [-0.2, 0) is 6.42 Å². The fourth-order valence-electron chi connectivity index (χ4n) is 3.28. The summed E-state index contributed by atoms with van der Waals surface area (Å²) in [6.45, 7) is 4.65. The highest BCUT2D eigenvalue weighted by atomic mass is 19.1. The molecule has 0 bridgehead atoms. The number of amides is 1. The Morgan fingerprint density at radius 2 is 1.71 bits per heavy atom. The predicted molar refractivity (Wildman–Crippen MR) is 104 cm³/mol. The molecule has 1 aliphatic heterocycles. The quantitative estimate of drug-likeness (QED) is 0.694. The van der Waals surface area contributed by atoms with Crippen molar-refractivity contribution in [3.8, 4) is 11.4 Å². The molecule has 0 unspecified atom stereocenters. The van der Waals surface area contributed by atoms with Crippen molar-refractivity contribution in [2.45, 2.75) is 13.3 Å². The highest BCUT2D eigenvalue weighted by molar-refractivity contribution is 5.94. The van der Waals surface area contributed by atoms with Crippen LogP contribution in [0.25, 0.3) is 11.4 Å². The van der Waals surface area contributed by atoms with Crippen molar-refractivity contribution in [2.75, 3.05) is 31.1 Å². The summed E-state index contributed by atoms with van der Waals surface area (Å²) < 4.78 is 18.2. The number of aromatic nitrogens is 2. The van der Waals surface area contributed by atoms with Gasteiger partial charge in [-0.3, -0.25) is 4.79 Å². The van der Waals surface area contributed by atoms with E-state index < -0.39 is 0 Å². The topological polar surface area (TPSA) is 62.5 Å². The van der Waals surface area contributed by atoms with Gasteiger partial charge in [-0.05, 0) is 36.4 Å². The molecule has 2 aromatic carbocycles. The third-order valence-electron chi connectivity index (χ3n) is 4.92. The number of benzene rings is 2. The number of carbonyl (C=O) groups excluding carboxylic acids is 1. The second-order valence-corrected chi connectivity index (χ2v) is 6.70. The fourth-order valence-corrected chi connectivity index (χ4v) is 3.28. The van der Waals surface area contributed by atoms with Gasteiger partial charge in [0.15, 0.2) is 0 Å². The molecule has 0 radical (unpaired) electrons. The van der Waals surface area contributed by atoms with Crippen LogP contribution >= 0.6 is 0 Å². The minimum Gasteiger partial charge on any atom is -0.368 e. The van der Waals surface area contributed by atoms with E-state index in [1.807, 2.05) is 24.0 Å². The van der Waals surface area contributed by atoms with Crippen LogP contribution in [-0.4, -0.2) is 47.1 Å². The average molecular weight is 380 g/mol. The molecule has 3 aromatic rings. The van der Waals surface area contributed by atoms with Gasteiger partial charge in [0.25, 0.3) is 5.91 Å². The van der Waals surface area contributed by atoms with Gasteiger partial charge in [0.2, 0.25) is 11.7 Å². The molecule has 0 spiro atoms. The maximum Gasteiger partial charge on any atom is 0.253 e. The van der Waals surface area contributed by atoms with Crippen molar-refractivity contribution in [3.63, 3.8) is 0 Å². The first-order valence-corrected chi connectivity index (χ1v) is 9.37. The largest absolute Gasteiger partial charge is 0.368 e. The Balaban J connectivity index is 1.39. The summed E-state index contributed by atoms with van der Waals surface area (Å²) in [7, 11) is 0. The van der Waals surface area contributed by atoms with E-state index in [4.69, 9.17) is 4.52 Å². The van der Waals surface area contributed by atoms with Crippen LogP contribution in [0.1, 0.15) is 23.2 Å². The van der Waals surface area contributed by atoms with E-state index in [9.17, 15) is 9.18 Å². The third-order valence-corrected chi connectivity index (χ3v) is 4.92. The lowest BCUT2D eigenvalue weighted by atomic mass is 10.1. The standard InChI is InChI=1S/C21H21FN4O2/c1-2-19-23-20(24-28-19)15-3-5-16(6-4-15)21(27)26-13-11-25(12-14-26)18-9-7-17(22)8-10-18/h3-10H,2,11-14H2,1H3. The Morgan fingerprint density at radius 1 is 1.04 bits per heavy atom. The van der Waals surface area contributed by atoms with Gasteiger partial charge in [-0.15, -0.1) is 0 Å². The molecule has 7 heteroatoms. The Hall–Kier alpha value is -3.22. The van der Waals surface area contributed by atoms with Crippen LogP contribution in [0.5, 0.6) is 0 Å². The van der Waals surface area contributed by atoms with Crippen LogP contribution in [0.3, 0.4) is 0 Å². The minimum absolute atomic E-state index is 0.00710. The second kappa shape index (κ2) is 7.80. The zero-order valence-electron chi connectivity index (χ0n) is 15.6. The number of aryl methyl sites for hydroxylation is 1. The number of hydrogen-bond donors (Lipinski definition) is 0. The molecular formula is C21H21FN4O2. The lowest BCUT2D eigenvalue weighted by molar-refractivity contribution is 0.0747. The molecule has 1 fully saturated rings. The highest BCUT2D eigenvalue weighted by Crippen LogP contribution is 2.20. The predicted octanol–water partition coefficient (Wildman–Crippen LogP) is 3.40. The smallest absolute Gasteiger partial charge is 0.253 e. The van der Waals surface area contributed by atoms with Gasteiger partial charge >= 0.3 is 0 Å². The number of nitrogens with zero attached hydrogens (tertiary/aromatic N) is 4. The van der Waals surface area contributed by atoms with Gasteiger partial charge in [0.1, 0.15) is 5.82 Å². The second-order valence-electron chi connectivity index (χ2n) is 6.70. The monoisotopic (exact) mass is 380 g/mol. The van der Waals surface area contributed by atoms with Crippen molar-refractivity contribution in [1.29, 1.82) is 0 Å². The van der Waals surface area contributed by atoms with Crippen molar-refractivity contribution in [3.05, 3.63) is 65.8 Å². The van der Waals surface area contributed by atoms with E-state index in [1.54, 1.807) is 24.3 Å². The van der Waals surface area contributed by atoms with Crippen LogP contribution < -0.4 is 4.90 Å². The van der Waals surface area contributed by atoms with E-state index in [-0.39, 0.29) is 11.7 Å². The molecule has 0 aliphatic carbocycles. The summed E-state index contributed by atoms with van der Waals surface area (Å²) in [6.07, 6.45) is 0.688. The maximum atomic E-state index is 13.1. The molecule has 1 aliphatic rings. The van der Waals surface area contributed by atoms with Gasteiger partial charge < -0.3 is 14.3 Å². The molecule has 4 rings (SSSR count). The number of rotatable bonds is 4. The lowest BCUT2D eigenvalue weighted by Crippen LogP contribution is -2.48. The van der Waals surface area contributed by atoms with Crippen LogP contribution in [0, 0.1) is 5.82 Å². The van der Waals surface area contributed by atoms with Crippen LogP contribution in [0.2, 0.25) is 0 Å². The Kier molecular flexibility index (Phi) is 5.06. The number of halogens is 1. The molecule has 6 nitrogen and oxygen atoms in total. The summed E-state index contributed by atoms with van der Waals surface area (Å²) in [5.74, 6) is 0.887. The van der Waals surface area contributed by atoms with Gasteiger partial charge in [0.05, 0.1) is 0 Å². The minimum atomic E-state index is -0.243. The van der Waals surface area contributed by atoms with E-state index in [1.165, 1.54) is 12.1 Å². The van der Waals surface area contributed by atoms with Crippen molar-refractivity contribution >= 4 is 11.6 Å². The van der Waals surface area contributed by atoms with Crippen LogP contribution in [0.4, 0.5) is 10.1 Å². The molecule has 1 aromatic heterocycles. The summed E-state index contributed by atoms with van der Waals surface area (Å²) in [5.41, 5.74) is 2.43. The lowest BCUT2D eigenvalue weighted by Gasteiger charge is -2.36. The normalized spacial score (nSPS) is 14.4. The first kappa shape index (κ1) is 18.2. The van der Waals surface area contributed by atoms with Crippen molar-refractivity contribution < 1.29 is 13.7 Å². The highest BCUT2D eigenvalue weighted by Gasteiger charge is 2.22. The molecule has 1 saturated heterocycles. The molecule has 1 amide bonds. The van der Waals surface area contributed by atoms with E-state index in [0.717, 1.165) is 24.3 Å². The summed E-state index contributed by atoms with van der Waals surface area (Å²) in [4.78, 5) is 21.1. The van der Waals surface area contributed by atoms with Gasteiger partial charge in [-0.1, -0.05) is 24.2 Å². The zero-order valence-corrected chi connectivity index (χ0v) is 15.6. The molecule has 0 N–H and O–H groups in total. The van der Waals surface area contributed by atoms with E-state index >= 15 is 0 Å². The van der Waals surface area contributed by atoms with E-state index in [0.29, 0.717) is 36.8 Å². The van der Waals surface area contributed by atoms with E-state index in [2.05, 4.69) is 15.0 Å². The van der Waals surface area contributed by atoms with Crippen molar-refractivity contribution in [1.82, 2.24) is 15.0 Å². The van der Waals surface area contributed by atoms with Crippen LogP contribution in [0.15, 0.2) is 53.1 Å². The Bertz CT molecular complexity index is 945. The first-order chi connectivity index (χ1) is 13.6. The molecular weight excluding hydrogens is 359 g/mol. The SMILES string of the molecule is CCc1nc(-c2ccc(C(=O)N3CCN(c4ccc(F)cc4)CC3)cc2)no1. The summed E-state index contributed by atoms with van der Waals surface area (Å²) >= 11 is 0. The van der Waals surface area contributed by atoms with Crippen molar-refractivity contribution in [2.24, 2.45) is 0 Å². The molecule has 2 heterocycles. The molecule has 0 saturated carbocycles. The summed E-state index contributed by atoms with van der Waals surface area (Å²) in [5, 5.41) is 3.95. The van der Waals surface area contributed by atoms with Gasteiger partial charge in [-0.2, -0.15) is 4.98 Å². The first-order valence-electron chi connectivity index (χ1n) is 9.37. The number of hydrogen-bond acceptors (Lipinski definition) is 5. The third kappa shape index (κ3) is 3.74. The number of piperazine rings is 1. The molecule has 0 atom stereocenters.